The molecule has 0 aliphatic heterocycles. The van der Waals surface area contributed by atoms with E-state index in [9.17, 15) is 50.5 Å². The number of nitrogens with zero attached hydrogens (tertiary/aromatic N) is 4. The van der Waals surface area contributed by atoms with Crippen LogP contribution in [0.1, 0.15) is 32.1 Å². The highest BCUT2D eigenvalue weighted by molar-refractivity contribution is 7.86. The number of carboxylic acid groups (broad SMARTS) is 1. The summed E-state index contributed by atoms with van der Waals surface area (Å²) in [5.74, 6) is -3.71. The molecule has 0 aliphatic carbocycles. The Bertz CT molecular complexity index is 2460. The number of azo groups is 1. The normalized spacial score (nSPS) is 12.0. The van der Waals surface area contributed by atoms with E-state index in [1.165, 1.54) is 42.5 Å². The van der Waals surface area contributed by atoms with Gasteiger partial charge in [0.15, 0.2) is 5.75 Å². The highest BCUT2D eigenvalue weighted by Crippen LogP contribution is 2.45. The Hall–Kier alpha value is -6.09. The number of primary amides is 1. The van der Waals surface area contributed by atoms with Crippen LogP contribution in [0, 0.1) is 0 Å². The summed E-state index contributed by atoms with van der Waals surface area (Å²) < 4.78 is 68.8. The van der Waals surface area contributed by atoms with Crippen molar-refractivity contribution in [3.05, 3.63) is 99.7 Å². The lowest BCUT2D eigenvalue weighted by atomic mass is 10.0. The maximum Gasteiger partial charge on any atom is 0.349 e. The molecule has 0 fully saturated rings. The van der Waals surface area contributed by atoms with Gasteiger partial charge in [-0.15, -0.1) is 10.2 Å². The molecule has 20 heteroatoms. The average molecular weight is 696 g/mol. The fourth-order valence-corrected chi connectivity index (χ4v) is 5.83. The largest absolute Gasteiger partial charge is 0.505 e. The number of carbonyl (C=O) groups is 2. The van der Waals surface area contributed by atoms with Crippen LogP contribution in [0.5, 0.6) is 5.75 Å². The number of rotatable bonds is 10. The molecule has 0 saturated heterocycles. The van der Waals surface area contributed by atoms with Gasteiger partial charge in [0.1, 0.15) is 16.4 Å². The Morgan fingerprint density at radius 3 is 2.21 bits per heavy atom. The van der Waals surface area contributed by atoms with E-state index < -0.39 is 70.7 Å². The lowest BCUT2D eigenvalue weighted by Crippen LogP contribution is -2.18. The van der Waals surface area contributed by atoms with Gasteiger partial charge < -0.3 is 21.3 Å². The highest BCUT2D eigenvalue weighted by Gasteiger charge is 2.26. The molecule has 0 spiro atoms. The lowest BCUT2D eigenvalue weighted by Gasteiger charge is -2.15. The number of aromatic nitrogens is 3. The topological polar surface area (TPSA) is 305 Å². The third kappa shape index (κ3) is 7.00. The first-order valence-corrected chi connectivity index (χ1v) is 16.1. The van der Waals surface area contributed by atoms with Crippen molar-refractivity contribution in [2.45, 2.75) is 16.2 Å². The number of anilines is 2. The van der Waals surface area contributed by atoms with Crippen LogP contribution in [0.4, 0.5) is 23.0 Å². The molecule has 1 heterocycles. The van der Waals surface area contributed by atoms with Crippen molar-refractivity contribution >= 4 is 65.9 Å². The van der Waals surface area contributed by atoms with Gasteiger partial charge in [-0.1, -0.05) is 30.3 Å². The molecule has 5 rings (SSSR count). The Balaban J connectivity index is 1.72. The summed E-state index contributed by atoms with van der Waals surface area (Å²) in [6, 6.07) is 13.7. The first-order valence-electron chi connectivity index (χ1n) is 13.2. The molecule has 0 atom stereocenters. The van der Waals surface area contributed by atoms with Gasteiger partial charge in [-0.05, 0) is 47.3 Å². The molecule has 48 heavy (non-hydrogen) atoms. The predicted octanol–water partition coefficient (Wildman–Crippen LogP) is 3.06. The fraction of sp³-hybridized carbons (Fsp3) is 0.0357. The van der Waals surface area contributed by atoms with E-state index in [0.29, 0.717) is 0 Å². The molecule has 0 unspecified atom stereocenters. The van der Waals surface area contributed by atoms with Gasteiger partial charge in [-0.25, -0.2) is 9.59 Å². The van der Waals surface area contributed by atoms with E-state index >= 15 is 0 Å². The van der Waals surface area contributed by atoms with Crippen molar-refractivity contribution in [3.63, 3.8) is 0 Å². The summed E-state index contributed by atoms with van der Waals surface area (Å²) in [5.41, 5.74) is 3.06. The summed E-state index contributed by atoms with van der Waals surface area (Å²) in [6.45, 7) is 0. The molecular weight excluding hydrogens is 674 g/mol. The molecule has 0 bridgehead atoms. The van der Waals surface area contributed by atoms with Gasteiger partial charge in [0.2, 0.25) is 5.95 Å². The number of aromatic carboxylic acids is 1. The number of nitrogens with one attached hydrogen (secondary N) is 2. The number of aromatic hydroxyl groups is 1. The zero-order valence-corrected chi connectivity index (χ0v) is 25.5. The number of phenolic OH excluding ortho intramolecular Hbond substituents is 1. The third-order valence-electron chi connectivity index (χ3n) is 6.68. The van der Waals surface area contributed by atoms with Crippen LogP contribution in [-0.2, 0) is 26.7 Å². The fourth-order valence-electron chi connectivity index (χ4n) is 4.63. The molecule has 18 nitrogen and oxygen atoms in total. The SMILES string of the molecule is NC(=O)c1ccccc1N=Nc1c(S(=O)(=O)O)cc2cc(S(=O)(=O)O)cc(Nc3nc(Cc4ccccc4C(=O)O)[nH]c(=O)n3)c2c1O. The van der Waals surface area contributed by atoms with Crippen LogP contribution in [0.2, 0.25) is 0 Å². The van der Waals surface area contributed by atoms with Crippen molar-refractivity contribution in [1.82, 2.24) is 15.0 Å². The molecule has 0 radical (unpaired) electrons. The molecule has 1 aromatic heterocycles. The van der Waals surface area contributed by atoms with Crippen LogP contribution >= 0.6 is 0 Å². The Morgan fingerprint density at radius 1 is 0.896 bits per heavy atom. The summed E-state index contributed by atoms with van der Waals surface area (Å²) in [6.07, 6.45) is -0.193. The number of hydrogen-bond donors (Lipinski definition) is 7. The minimum absolute atomic E-state index is 0.0713. The first-order chi connectivity index (χ1) is 22.5. The second-order valence-electron chi connectivity index (χ2n) is 9.86. The number of phenols is 1. The molecule has 4 aromatic carbocycles. The van der Waals surface area contributed by atoms with Gasteiger partial charge in [0.25, 0.3) is 26.1 Å². The second-order valence-corrected chi connectivity index (χ2v) is 12.7. The number of H-pyrrole nitrogens is 1. The smallest absolute Gasteiger partial charge is 0.349 e. The first kappa shape index (κ1) is 33.3. The summed E-state index contributed by atoms with van der Waals surface area (Å²) >= 11 is 0. The van der Waals surface area contributed by atoms with Crippen molar-refractivity contribution < 1.29 is 45.7 Å². The summed E-state index contributed by atoms with van der Waals surface area (Å²) in [7, 11) is -10.2. The lowest BCUT2D eigenvalue weighted by molar-refractivity contribution is 0.0695. The van der Waals surface area contributed by atoms with E-state index in [-0.39, 0.29) is 45.4 Å². The molecule has 246 valence electrons. The molecule has 8 N–H and O–H groups in total. The summed E-state index contributed by atoms with van der Waals surface area (Å²) in [4.78, 5) is 44.3. The van der Waals surface area contributed by atoms with E-state index in [4.69, 9.17) is 5.73 Å². The van der Waals surface area contributed by atoms with Gasteiger partial charge >= 0.3 is 11.7 Å². The molecule has 5 aromatic rings. The zero-order valence-electron chi connectivity index (χ0n) is 23.9. The van der Waals surface area contributed by atoms with Crippen molar-refractivity contribution in [2.24, 2.45) is 16.0 Å². The van der Waals surface area contributed by atoms with Gasteiger partial charge in [-0.3, -0.25) is 18.9 Å². The number of fused-ring (bicyclic) bond motifs is 1. The Labute approximate surface area is 269 Å². The average Bonchev–Trinajstić information content (AvgIpc) is 2.99. The number of benzene rings is 4. The summed E-state index contributed by atoms with van der Waals surface area (Å²) in [5, 5.41) is 30.2. The van der Waals surface area contributed by atoms with E-state index in [1.807, 2.05) is 0 Å². The Kier molecular flexibility index (Phi) is 8.74. The van der Waals surface area contributed by atoms with E-state index in [2.05, 4.69) is 30.5 Å². The van der Waals surface area contributed by atoms with Crippen molar-refractivity contribution in [2.75, 3.05) is 5.32 Å². The number of nitrogens with two attached hydrogens (primary N) is 1. The van der Waals surface area contributed by atoms with Crippen LogP contribution in [-0.4, -0.2) is 63.0 Å². The van der Waals surface area contributed by atoms with Crippen LogP contribution in [0.15, 0.2) is 91.5 Å². The number of amides is 1. The number of hydrogen-bond acceptors (Lipinski definition) is 13. The van der Waals surface area contributed by atoms with Crippen LogP contribution in [0.3, 0.4) is 0 Å². The van der Waals surface area contributed by atoms with Gasteiger partial charge in [0, 0.05) is 11.8 Å². The number of aromatic amines is 1. The quantitative estimate of drug-likeness (QED) is 0.0816. The second kappa shape index (κ2) is 12.6. The van der Waals surface area contributed by atoms with Crippen molar-refractivity contribution in [3.8, 4) is 5.75 Å². The molecule has 0 saturated carbocycles. The predicted molar refractivity (Wildman–Crippen MR) is 167 cm³/mol. The number of carbonyl (C=O) groups excluding carboxylic acids is 1. The third-order valence-corrected chi connectivity index (χ3v) is 8.38. The highest BCUT2D eigenvalue weighted by atomic mass is 32.2. The molecule has 1 amide bonds. The van der Waals surface area contributed by atoms with Gasteiger partial charge in [0.05, 0.1) is 27.4 Å². The molecular formula is C28H21N7O11S2. The monoisotopic (exact) mass is 695 g/mol. The maximum atomic E-state index is 12.5. The minimum atomic E-state index is -5.20. The molecule has 0 aliphatic rings. The van der Waals surface area contributed by atoms with E-state index in [1.54, 1.807) is 6.07 Å². The van der Waals surface area contributed by atoms with Crippen LogP contribution in [0.25, 0.3) is 10.8 Å². The zero-order chi connectivity index (χ0) is 35.0. The van der Waals surface area contributed by atoms with Crippen molar-refractivity contribution in [1.29, 1.82) is 0 Å². The minimum Gasteiger partial charge on any atom is -0.505 e. The van der Waals surface area contributed by atoms with Crippen LogP contribution < -0.4 is 16.7 Å². The van der Waals surface area contributed by atoms with Gasteiger partial charge in [-0.2, -0.15) is 26.8 Å². The Morgan fingerprint density at radius 2 is 1.56 bits per heavy atom. The maximum absolute atomic E-state index is 12.5. The standard InChI is InChI=1S/C28H21N7O11S2/c29-25(37)17-7-3-4-8-18(17)34-35-23-20(48(44,45)46)10-14-9-15(47(41,42)43)12-19(22(14)24(23)36)30-27-31-21(32-28(40)33-27)11-13-5-1-2-6-16(13)26(38)39/h1-10,12,36H,11H2,(H2,29,37)(H,38,39)(H,41,42,43)(H,44,45,46)(H2,30,31,32,33,40). The number of carboxylic acids is 1. The van der Waals surface area contributed by atoms with E-state index in [0.717, 1.165) is 18.2 Å².